The van der Waals surface area contributed by atoms with Crippen molar-refractivity contribution in [3.05, 3.63) is 20.8 Å². The first-order valence-electron chi connectivity index (χ1n) is 5.82. The highest BCUT2D eigenvalue weighted by Crippen LogP contribution is 2.32. The van der Waals surface area contributed by atoms with E-state index in [0.717, 1.165) is 12.5 Å². The van der Waals surface area contributed by atoms with Crippen molar-refractivity contribution in [2.75, 3.05) is 18.1 Å². The van der Waals surface area contributed by atoms with E-state index >= 15 is 0 Å². The summed E-state index contributed by atoms with van der Waals surface area (Å²) in [5, 5.41) is 3.58. The van der Waals surface area contributed by atoms with Gasteiger partial charge >= 0.3 is 0 Å². The fourth-order valence-corrected chi connectivity index (χ4v) is 4.09. The Morgan fingerprint density at radius 3 is 3.00 bits per heavy atom. The lowest BCUT2D eigenvalue weighted by molar-refractivity contribution is 0.610. The monoisotopic (exact) mass is 319 g/mol. The molecule has 1 atom stereocenters. The van der Waals surface area contributed by atoms with Gasteiger partial charge in [-0.3, -0.25) is 0 Å². The molecule has 0 aliphatic heterocycles. The van der Waals surface area contributed by atoms with Crippen molar-refractivity contribution in [3.63, 3.8) is 0 Å². The highest BCUT2D eigenvalue weighted by atomic mass is 79.9. The maximum absolute atomic E-state index is 3.58. The molecule has 1 nitrogen and oxygen atoms in total. The molecule has 1 aromatic rings. The van der Waals surface area contributed by atoms with E-state index in [1.807, 2.05) is 11.3 Å². The van der Waals surface area contributed by atoms with Crippen LogP contribution in [0, 0.1) is 5.92 Å². The van der Waals surface area contributed by atoms with Crippen LogP contribution in [-0.4, -0.2) is 18.1 Å². The van der Waals surface area contributed by atoms with E-state index in [1.165, 1.54) is 33.0 Å². The molecular weight excluding hydrogens is 302 g/mol. The van der Waals surface area contributed by atoms with Crippen LogP contribution in [0.4, 0.5) is 0 Å². The van der Waals surface area contributed by atoms with Crippen LogP contribution in [0.5, 0.6) is 0 Å². The minimum atomic E-state index is 0.484. The van der Waals surface area contributed by atoms with Gasteiger partial charge in [0.15, 0.2) is 0 Å². The maximum atomic E-state index is 3.58. The van der Waals surface area contributed by atoms with Crippen molar-refractivity contribution in [2.24, 2.45) is 5.92 Å². The average Bonchev–Trinajstić information content (AvgIpc) is 2.99. The van der Waals surface area contributed by atoms with Gasteiger partial charge in [0, 0.05) is 23.2 Å². The number of rotatable bonds is 7. The van der Waals surface area contributed by atoms with Crippen LogP contribution < -0.4 is 5.32 Å². The van der Waals surface area contributed by atoms with Crippen LogP contribution in [0.1, 0.15) is 30.7 Å². The molecule has 0 aromatic carbocycles. The summed E-state index contributed by atoms with van der Waals surface area (Å²) in [6.45, 7) is 3.36. The molecule has 1 fully saturated rings. The first kappa shape index (κ1) is 12.9. The zero-order valence-corrected chi connectivity index (χ0v) is 12.8. The molecule has 90 valence electrons. The molecule has 0 saturated heterocycles. The summed E-state index contributed by atoms with van der Waals surface area (Å²) >= 11 is 7.42. The van der Waals surface area contributed by atoms with Crippen LogP contribution in [0.2, 0.25) is 0 Å². The molecule has 4 heteroatoms. The third-order valence-corrected chi connectivity index (χ3v) is 5.77. The minimum absolute atomic E-state index is 0.484. The van der Waals surface area contributed by atoms with Gasteiger partial charge in [-0.25, -0.2) is 0 Å². The smallest absolute Gasteiger partial charge is 0.0701 e. The van der Waals surface area contributed by atoms with Gasteiger partial charge in [0.25, 0.3) is 0 Å². The SMILES string of the molecule is CC(NCCSCC1CC1)c1ccc(Br)s1. The highest BCUT2D eigenvalue weighted by molar-refractivity contribution is 9.11. The molecule has 0 amide bonds. The Bertz CT molecular complexity index is 323. The third-order valence-electron chi connectivity index (χ3n) is 2.77. The van der Waals surface area contributed by atoms with E-state index in [0.29, 0.717) is 6.04 Å². The van der Waals surface area contributed by atoms with E-state index in [1.54, 1.807) is 0 Å². The first-order chi connectivity index (χ1) is 7.75. The second-order valence-electron chi connectivity index (χ2n) is 4.34. The second kappa shape index (κ2) is 6.43. The molecule has 1 aromatic heterocycles. The lowest BCUT2D eigenvalue weighted by atomic mass is 10.3. The molecule has 1 saturated carbocycles. The van der Waals surface area contributed by atoms with E-state index in [9.17, 15) is 0 Å². The Morgan fingerprint density at radius 1 is 1.56 bits per heavy atom. The van der Waals surface area contributed by atoms with Crippen molar-refractivity contribution in [3.8, 4) is 0 Å². The van der Waals surface area contributed by atoms with Crippen LogP contribution in [0.25, 0.3) is 0 Å². The maximum Gasteiger partial charge on any atom is 0.0701 e. The molecule has 1 heterocycles. The van der Waals surface area contributed by atoms with E-state index in [2.05, 4.69) is 52.1 Å². The van der Waals surface area contributed by atoms with Gasteiger partial charge in [0.1, 0.15) is 0 Å². The third kappa shape index (κ3) is 4.40. The van der Waals surface area contributed by atoms with Gasteiger partial charge in [0.05, 0.1) is 3.79 Å². The topological polar surface area (TPSA) is 12.0 Å². The standard InChI is InChI=1S/C12H18BrNS2/c1-9(11-4-5-12(13)16-11)14-6-7-15-8-10-2-3-10/h4-5,9-10,14H,2-3,6-8H2,1H3. The van der Waals surface area contributed by atoms with Crippen molar-refractivity contribution >= 4 is 39.0 Å². The number of hydrogen-bond donors (Lipinski definition) is 1. The molecule has 0 spiro atoms. The van der Waals surface area contributed by atoms with Crippen LogP contribution in [0.15, 0.2) is 15.9 Å². The van der Waals surface area contributed by atoms with Crippen LogP contribution in [0.3, 0.4) is 0 Å². The summed E-state index contributed by atoms with van der Waals surface area (Å²) in [5.41, 5.74) is 0. The van der Waals surface area contributed by atoms with Gasteiger partial charge in [-0.15, -0.1) is 11.3 Å². The zero-order valence-electron chi connectivity index (χ0n) is 9.54. The molecule has 16 heavy (non-hydrogen) atoms. The predicted octanol–water partition coefficient (Wildman–Crippen LogP) is 4.30. The normalized spacial score (nSPS) is 17.6. The predicted molar refractivity (Wildman–Crippen MR) is 78.5 cm³/mol. The first-order valence-corrected chi connectivity index (χ1v) is 8.58. The highest BCUT2D eigenvalue weighted by Gasteiger charge is 2.20. The Hall–Kier alpha value is 0.490. The summed E-state index contributed by atoms with van der Waals surface area (Å²) in [7, 11) is 0. The number of hydrogen-bond acceptors (Lipinski definition) is 3. The van der Waals surface area contributed by atoms with Gasteiger partial charge in [-0.1, -0.05) is 0 Å². The lowest BCUT2D eigenvalue weighted by Gasteiger charge is -2.11. The fourth-order valence-electron chi connectivity index (χ4n) is 1.54. The number of thioether (sulfide) groups is 1. The molecule has 0 bridgehead atoms. The largest absolute Gasteiger partial charge is 0.309 e. The van der Waals surface area contributed by atoms with Crippen LogP contribution >= 0.6 is 39.0 Å². The van der Waals surface area contributed by atoms with Gasteiger partial charge in [0.2, 0.25) is 0 Å². The fraction of sp³-hybridized carbons (Fsp3) is 0.667. The average molecular weight is 320 g/mol. The van der Waals surface area contributed by atoms with Gasteiger partial charge in [-0.2, -0.15) is 11.8 Å². The Labute approximate surface area is 115 Å². The second-order valence-corrected chi connectivity index (χ2v) is 7.98. The minimum Gasteiger partial charge on any atom is -0.309 e. The Balaban J connectivity index is 1.57. The van der Waals surface area contributed by atoms with Crippen LogP contribution in [-0.2, 0) is 0 Å². The summed E-state index contributed by atoms with van der Waals surface area (Å²) < 4.78 is 1.22. The van der Waals surface area contributed by atoms with Crippen molar-refractivity contribution < 1.29 is 0 Å². The number of nitrogens with one attached hydrogen (secondary N) is 1. The van der Waals surface area contributed by atoms with Gasteiger partial charge < -0.3 is 5.32 Å². The van der Waals surface area contributed by atoms with Crippen molar-refractivity contribution in [1.82, 2.24) is 5.32 Å². The molecule has 1 N–H and O–H groups in total. The Morgan fingerprint density at radius 2 is 2.38 bits per heavy atom. The lowest BCUT2D eigenvalue weighted by Crippen LogP contribution is -2.20. The Kier molecular flexibility index (Phi) is 5.20. The molecule has 0 radical (unpaired) electrons. The summed E-state index contributed by atoms with van der Waals surface area (Å²) in [6.07, 6.45) is 2.94. The number of halogens is 1. The molecule has 1 aliphatic rings. The molecule has 2 rings (SSSR count). The molecule has 1 aliphatic carbocycles. The summed E-state index contributed by atoms with van der Waals surface area (Å²) in [6, 6.07) is 4.81. The molecule has 1 unspecified atom stereocenters. The van der Waals surface area contributed by atoms with Crippen molar-refractivity contribution in [1.29, 1.82) is 0 Å². The number of thiophene rings is 1. The quantitative estimate of drug-likeness (QED) is 0.752. The molecular formula is C12H18BrNS2. The van der Waals surface area contributed by atoms with E-state index in [-0.39, 0.29) is 0 Å². The van der Waals surface area contributed by atoms with E-state index < -0.39 is 0 Å². The van der Waals surface area contributed by atoms with E-state index in [4.69, 9.17) is 0 Å². The van der Waals surface area contributed by atoms with Crippen molar-refractivity contribution in [2.45, 2.75) is 25.8 Å². The summed E-state index contributed by atoms with van der Waals surface area (Å²) in [5.74, 6) is 3.67. The van der Waals surface area contributed by atoms with Gasteiger partial charge in [-0.05, 0) is 59.5 Å². The summed E-state index contributed by atoms with van der Waals surface area (Å²) in [4.78, 5) is 1.42. The zero-order chi connectivity index (χ0) is 11.4.